The molecule has 0 spiro atoms. The topological polar surface area (TPSA) is 6.48 Å². The molecule has 0 heterocycles. The monoisotopic (exact) mass is 958 g/mol. The Labute approximate surface area is 441 Å². The van der Waals surface area contributed by atoms with Crippen LogP contribution in [-0.2, 0) is 5.41 Å². The molecule has 11 aromatic rings. The first-order chi connectivity index (χ1) is 37.2. The first-order valence-corrected chi connectivity index (χ1v) is 26.1. The smallest absolute Gasteiger partial charge is 0.0678 e. The van der Waals surface area contributed by atoms with Crippen LogP contribution in [0.2, 0.25) is 0 Å². The molecule has 0 saturated carbocycles. The molecule has 0 radical (unpaired) electrons. The molecule has 2 nitrogen and oxygen atoms in total. The molecule has 0 bridgehead atoms. The van der Waals surface area contributed by atoms with Gasteiger partial charge in [-0.05, 0) is 146 Å². The summed E-state index contributed by atoms with van der Waals surface area (Å²) in [7, 11) is 0. The fourth-order valence-electron chi connectivity index (χ4n) is 11.7. The summed E-state index contributed by atoms with van der Waals surface area (Å²) < 4.78 is 0. The Balaban J connectivity index is 1.04. The highest BCUT2D eigenvalue weighted by Gasteiger charge is 2.49. The zero-order valence-electron chi connectivity index (χ0n) is 41.7. The Hall–Kier alpha value is -9.50. The van der Waals surface area contributed by atoms with E-state index in [4.69, 9.17) is 0 Å². The summed E-state index contributed by atoms with van der Waals surface area (Å²) in [6.45, 7) is 0. The van der Waals surface area contributed by atoms with Gasteiger partial charge in [-0.25, -0.2) is 0 Å². The lowest BCUT2D eigenvalue weighted by Crippen LogP contribution is -2.30. The Kier molecular flexibility index (Phi) is 12.0. The molecule has 2 aliphatic carbocycles. The van der Waals surface area contributed by atoms with Gasteiger partial charge in [0.05, 0.1) is 11.1 Å². The van der Waals surface area contributed by atoms with E-state index in [0.717, 1.165) is 47.0 Å². The number of anilines is 6. The van der Waals surface area contributed by atoms with Crippen LogP contribution in [0.5, 0.6) is 0 Å². The van der Waals surface area contributed by atoms with E-state index in [0.29, 0.717) is 0 Å². The molecule has 0 amide bonds. The minimum Gasteiger partial charge on any atom is -0.310 e. The highest BCUT2D eigenvalue weighted by Crippen LogP contribution is 2.61. The van der Waals surface area contributed by atoms with Crippen molar-refractivity contribution < 1.29 is 0 Å². The fourth-order valence-corrected chi connectivity index (χ4v) is 11.7. The maximum absolute atomic E-state index is 2.51. The van der Waals surface area contributed by atoms with Gasteiger partial charge in [-0.15, -0.1) is 0 Å². The third-order valence-electron chi connectivity index (χ3n) is 15.3. The van der Waals surface area contributed by atoms with E-state index in [2.05, 4.69) is 313 Å². The Morgan fingerprint density at radius 1 is 0.307 bits per heavy atom. The average molecular weight is 959 g/mol. The zero-order valence-corrected chi connectivity index (χ0v) is 41.7. The largest absolute Gasteiger partial charge is 0.310 e. The van der Waals surface area contributed by atoms with E-state index in [1.165, 1.54) is 77.9 Å². The van der Waals surface area contributed by atoms with Crippen molar-refractivity contribution in [2.75, 3.05) is 9.80 Å². The average Bonchev–Trinajstić information content (AvgIpc) is 3.81. The van der Waals surface area contributed by atoms with Gasteiger partial charge >= 0.3 is 0 Å². The molecular weight excluding hydrogens is 905 g/mol. The number of fused-ring (bicyclic) bond motifs is 3. The predicted octanol–water partition coefficient (Wildman–Crippen LogP) is 19.9. The molecule has 0 fully saturated rings. The predicted molar refractivity (Wildman–Crippen MR) is 316 cm³/mol. The molecule has 2 heteroatoms. The Morgan fingerprint density at radius 2 is 0.693 bits per heavy atom. The molecular formula is C73H54N2. The van der Waals surface area contributed by atoms with Crippen molar-refractivity contribution in [3.05, 3.63) is 326 Å². The van der Waals surface area contributed by atoms with Crippen LogP contribution in [0.3, 0.4) is 0 Å². The molecule has 75 heavy (non-hydrogen) atoms. The zero-order chi connectivity index (χ0) is 50.0. The molecule has 0 aromatic heterocycles. The Bertz CT molecular complexity index is 3640. The molecule has 11 aromatic carbocycles. The van der Waals surface area contributed by atoms with Crippen LogP contribution in [0.4, 0.5) is 34.1 Å². The van der Waals surface area contributed by atoms with E-state index >= 15 is 0 Å². The first-order valence-electron chi connectivity index (χ1n) is 26.1. The second-order valence-electron chi connectivity index (χ2n) is 19.5. The Morgan fingerprint density at radius 3 is 1.11 bits per heavy atom. The van der Waals surface area contributed by atoms with Crippen LogP contribution in [-0.4, -0.2) is 0 Å². The van der Waals surface area contributed by atoms with E-state index < -0.39 is 5.41 Å². The van der Waals surface area contributed by atoms with Crippen molar-refractivity contribution in [3.63, 3.8) is 0 Å². The molecule has 0 saturated heterocycles. The van der Waals surface area contributed by atoms with E-state index in [-0.39, 0.29) is 0 Å². The van der Waals surface area contributed by atoms with Crippen molar-refractivity contribution in [1.82, 2.24) is 0 Å². The van der Waals surface area contributed by atoms with E-state index in [1.54, 1.807) is 0 Å². The maximum atomic E-state index is 2.51. The summed E-state index contributed by atoms with van der Waals surface area (Å²) in [6.07, 6.45) is 8.91. The van der Waals surface area contributed by atoms with Crippen molar-refractivity contribution in [3.8, 4) is 55.6 Å². The summed E-state index contributed by atoms with van der Waals surface area (Å²) in [5.41, 5.74) is 23.2. The van der Waals surface area contributed by atoms with Crippen molar-refractivity contribution >= 4 is 34.1 Å². The minimum atomic E-state index is -0.595. The van der Waals surface area contributed by atoms with Gasteiger partial charge in [-0.1, -0.05) is 242 Å². The third-order valence-corrected chi connectivity index (χ3v) is 15.3. The van der Waals surface area contributed by atoms with Crippen LogP contribution in [0.15, 0.2) is 309 Å². The SMILES string of the molecule is C1=CCCC(C2(c3ccccc3)c3cc(N(c4ccc(-c5ccccc5)cc4)c4ccc(-c5ccccc5)cc4)ccc3-c3c(N(c4ccc(-c5ccccc5)cc4)c4ccc(-c5ccccc5)cc4)cccc32)=C1. The third kappa shape index (κ3) is 8.37. The number of allylic oxidation sites excluding steroid dienone is 4. The maximum Gasteiger partial charge on any atom is 0.0678 e. The molecule has 1 atom stereocenters. The van der Waals surface area contributed by atoms with Crippen LogP contribution in [0.1, 0.15) is 29.5 Å². The molecule has 356 valence electrons. The van der Waals surface area contributed by atoms with E-state index in [9.17, 15) is 0 Å². The van der Waals surface area contributed by atoms with Gasteiger partial charge in [-0.2, -0.15) is 0 Å². The van der Waals surface area contributed by atoms with Crippen LogP contribution in [0.25, 0.3) is 55.6 Å². The van der Waals surface area contributed by atoms with Crippen LogP contribution in [0, 0.1) is 0 Å². The number of hydrogen-bond acceptors (Lipinski definition) is 2. The number of benzene rings is 11. The molecule has 0 N–H and O–H groups in total. The normalized spacial score (nSPS) is 14.4. The summed E-state index contributed by atoms with van der Waals surface area (Å²) in [6, 6.07) is 105. The van der Waals surface area contributed by atoms with Crippen LogP contribution >= 0.6 is 0 Å². The summed E-state index contributed by atoms with van der Waals surface area (Å²) in [5, 5.41) is 0. The minimum absolute atomic E-state index is 0.595. The second kappa shape index (κ2) is 19.8. The van der Waals surface area contributed by atoms with Gasteiger partial charge in [0, 0.05) is 34.0 Å². The number of nitrogens with zero attached hydrogens (tertiary/aromatic N) is 2. The standard InChI is InChI=1S/C73H54N2/c1-7-20-53(21-8-1)57-34-42-63(43-35-57)74(64-44-36-58(37-45-64)54-22-9-2-10-23-54)67-50-51-68-70(52-67)73(61-28-15-5-16-29-61,62-30-17-6-18-31-62)69-32-19-33-71(72(68)69)75(65-46-38-59(39-47-65)55-24-11-3-12-25-55)66-48-40-60(41-49-66)56-26-13-4-14-27-56/h1-17,19-30,32-52H,18,31H2. The van der Waals surface area contributed by atoms with Gasteiger partial charge in [0.2, 0.25) is 0 Å². The molecule has 0 aliphatic heterocycles. The van der Waals surface area contributed by atoms with Crippen molar-refractivity contribution in [2.24, 2.45) is 0 Å². The summed E-state index contributed by atoms with van der Waals surface area (Å²) >= 11 is 0. The number of hydrogen-bond donors (Lipinski definition) is 0. The quantitative estimate of drug-likeness (QED) is 0.120. The van der Waals surface area contributed by atoms with E-state index in [1.807, 2.05) is 0 Å². The van der Waals surface area contributed by atoms with Gasteiger partial charge in [-0.3, -0.25) is 0 Å². The highest BCUT2D eigenvalue weighted by molar-refractivity contribution is 5.99. The van der Waals surface area contributed by atoms with Crippen LogP contribution < -0.4 is 9.80 Å². The van der Waals surface area contributed by atoms with Gasteiger partial charge < -0.3 is 9.80 Å². The lowest BCUT2D eigenvalue weighted by Gasteiger charge is -2.37. The molecule has 2 aliphatic rings. The molecule has 1 unspecified atom stereocenters. The highest BCUT2D eigenvalue weighted by atomic mass is 15.2. The van der Waals surface area contributed by atoms with Crippen molar-refractivity contribution in [2.45, 2.75) is 18.3 Å². The second-order valence-corrected chi connectivity index (χ2v) is 19.5. The lowest BCUT2D eigenvalue weighted by molar-refractivity contribution is 0.693. The first kappa shape index (κ1) is 45.4. The summed E-state index contributed by atoms with van der Waals surface area (Å²) in [5.74, 6) is 0. The fraction of sp³-hybridized carbons (Fsp3) is 0.0411. The van der Waals surface area contributed by atoms with Gasteiger partial charge in [0.1, 0.15) is 0 Å². The lowest BCUT2D eigenvalue weighted by atomic mass is 9.65. The van der Waals surface area contributed by atoms with Crippen molar-refractivity contribution in [1.29, 1.82) is 0 Å². The summed E-state index contributed by atoms with van der Waals surface area (Å²) in [4.78, 5) is 4.92. The number of rotatable bonds is 12. The van der Waals surface area contributed by atoms with Gasteiger partial charge in [0.15, 0.2) is 0 Å². The molecule has 13 rings (SSSR count). The van der Waals surface area contributed by atoms with Gasteiger partial charge in [0.25, 0.3) is 0 Å².